The number of methoxy groups -OCH3 is 1. The summed E-state index contributed by atoms with van der Waals surface area (Å²) in [5, 5.41) is 1.01. The Morgan fingerprint density at radius 3 is 2.77 bits per heavy atom. The Balaban J connectivity index is 1.85. The van der Waals surface area contributed by atoms with Crippen molar-refractivity contribution >= 4 is 38.4 Å². The molecule has 1 fully saturated rings. The second-order valence-corrected chi connectivity index (χ2v) is 9.20. The van der Waals surface area contributed by atoms with Crippen molar-refractivity contribution in [3.05, 3.63) is 30.4 Å². The number of fused-ring (bicyclic) bond motifs is 1. The van der Waals surface area contributed by atoms with Gasteiger partial charge in [-0.3, -0.25) is 0 Å². The number of thiophene rings is 1. The van der Waals surface area contributed by atoms with Gasteiger partial charge in [-0.05, 0) is 30.4 Å². The van der Waals surface area contributed by atoms with Gasteiger partial charge in [-0.15, -0.1) is 0 Å². The van der Waals surface area contributed by atoms with Gasteiger partial charge in [0.2, 0.25) is 0 Å². The molecule has 1 aliphatic rings. The molecular formula is C18H21N4O2S2+. The van der Waals surface area contributed by atoms with E-state index < -0.39 is 11.2 Å². The van der Waals surface area contributed by atoms with Crippen LogP contribution in [0.25, 0.3) is 21.5 Å². The van der Waals surface area contributed by atoms with E-state index in [9.17, 15) is 4.55 Å². The van der Waals surface area contributed by atoms with E-state index in [0.29, 0.717) is 24.0 Å². The quantitative estimate of drug-likeness (QED) is 0.624. The van der Waals surface area contributed by atoms with E-state index in [1.807, 2.05) is 0 Å². The van der Waals surface area contributed by atoms with E-state index in [2.05, 4.69) is 16.0 Å². The predicted octanol–water partition coefficient (Wildman–Crippen LogP) is 3.70. The van der Waals surface area contributed by atoms with Crippen LogP contribution in [0.2, 0.25) is 0 Å². The van der Waals surface area contributed by atoms with E-state index in [0.717, 1.165) is 25.7 Å². The van der Waals surface area contributed by atoms with Gasteiger partial charge in [0.05, 0.1) is 12.3 Å². The van der Waals surface area contributed by atoms with Gasteiger partial charge < -0.3 is 10.5 Å². The Bertz CT molecular complexity index is 912. The van der Waals surface area contributed by atoms with Gasteiger partial charge >= 0.3 is 0 Å². The Hall–Kier alpha value is -1.74. The number of hydrogen-bond acceptors (Lipinski definition) is 7. The molecule has 26 heavy (non-hydrogen) atoms. The number of ether oxygens (including phenoxy) is 1. The summed E-state index contributed by atoms with van der Waals surface area (Å²) in [4.78, 5) is 13.9. The zero-order valence-electron chi connectivity index (χ0n) is 14.5. The molecule has 3 aromatic heterocycles. The monoisotopic (exact) mass is 389 g/mol. The van der Waals surface area contributed by atoms with Crippen LogP contribution >= 0.6 is 11.3 Å². The fraction of sp³-hybridized carbons (Fsp3) is 0.389. The highest BCUT2D eigenvalue weighted by Gasteiger charge is 2.32. The fourth-order valence-electron chi connectivity index (χ4n) is 3.18. The summed E-state index contributed by atoms with van der Waals surface area (Å²) < 4.78 is 16.5. The highest BCUT2D eigenvalue weighted by Crippen LogP contribution is 2.46. The van der Waals surface area contributed by atoms with Crippen molar-refractivity contribution in [1.29, 1.82) is 0 Å². The summed E-state index contributed by atoms with van der Waals surface area (Å²) in [5.41, 5.74) is 10.1. The van der Waals surface area contributed by atoms with Gasteiger partial charge in [-0.25, -0.2) is 15.0 Å². The van der Waals surface area contributed by atoms with E-state index in [1.165, 1.54) is 42.5 Å². The van der Waals surface area contributed by atoms with Gasteiger partial charge in [0.15, 0.2) is 16.9 Å². The van der Waals surface area contributed by atoms with E-state index in [-0.39, 0.29) is 0 Å². The van der Waals surface area contributed by atoms with Gasteiger partial charge in [0.25, 0.3) is 4.21 Å². The van der Waals surface area contributed by atoms with Crippen LogP contribution in [0.4, 0.5) is 5.69 Å². The molecule has 1 unspecified atom stereocenters. The predicted molar refractivity (Wildman–Crippen MR) is 107 cm³/mol. The SMILES string of the molecule is COCC[S+](O)c1sc2nc(-c3cncnc3)cc(C3CCC3)c2c1N. The number of rotatable bonds is 6. The molecule has 3 heterocycles. The minimum Gasteiger partial charge on any atom is -0.393 e. The van der Waals surface area contributed by atoms with Crippen LogP contribution in [0, 0.1) is 0 Å². The average Bonchev–Trinajstić information content (AvgIpc) is 2.96. The molecule has 136 valence electrons. The normalized spacial score (nSPS) is 15.9. The van der Waals surface area contributed by atoms with Gasteiger partial charge in [-0.2, -0.15) is 4.55 Å². The molecule has 0 radical (unpaired) electrons. The average molecular weight is 390 g/mol. The van der Waals surface area contributed by atoms with Gasteiger partial charge in [0, 0.05) is 30.5 Å². The lowest BCUT2D eigenvalue weighted by molar-refractivity contribution is 0.217. The van der Waals surface area contributed by atoms with Crippen LogP contribution in [-0.2, 0) is 15.9 Å². The Morgan fingerprint density at radius 1 is 1.35 bits per heavy atom. The molecule has 3 aromatic rings. The summed E-state index contributed by atoms with van der Waals surface area (Å²) >= 11 is 0.557. The first kappa shape index (κ1) is 17.7. The number of aromatic nitrogens is 3. The molecule has 3 N–H and O–H groups in total. The molecule has 4 rings (SSSR count). The number of hydrogen-bond donors (Lipinski definition) is 2. The third-order valence-electron chi connectivity index (χ3n) is 4.79. The van der Waals surface area contributed by atoms with Gasteiger partial charge in [0.1, 0.15) is 16.8 Å². The second-order valence-electron chi connectivity index (χ2n) is 6.40. The van der Waals surface area contributed by atoms with Crippen molar-refractivity contribution in [3.8, 4) is 11.3 Å². The van der Waals surface area contributed by atoms with Crippen LogP contribution in [0.3, 0.4) is 0 Å². The van der Waals surface area contributed by atoms with Crippen LogP contribution < -0.4 is 5.73 Å². The molecule has 0 bridgehead atoms. The third kappa shape index (κ3) is 3.18. The summed E-state index contributed by atoms with van der Waals surface area (Å²) in [6.45, 7) is 0.503. The summed E-state index contributed by atoms with van der Waals surface area (Å²) in [5.74, 6) is 1.05. The summed E-state index contributed by atoms with van der Waals surface area (Å²) in [7, 11) is 1.63. The minimum atomic E-state index is -0.930. The lowest BCUT2D eigenvalue weighted by atomic mass is 9.79. The first-order valence-corrected chi connectivity index (χ1v) is 10.7. The highest BCUT2D eigenvalue weighted by atomic mass is 32.2. The lowest BCUT2D eigenvalue weighted by Gasteiger charge is -2.27. The van der Waals surface area contributed by atoms with Crippen molar-refractivity contribution < 1.29 is 9.29 Å². The molecule has 0 aliphatic heterocycles. The Labute approximate surface area is 159 Å². The zero-order chi connectivity index (χ0) is 18.1. The molecule has 0 amide bonds. The number of anilines is 1. The Morgan fingerprint density at radius 2 is 2.12 bits per heavy atom. The van der Waals surface area contributed by atoms with Crippen LogP contribution in [-0.4, -0.2) is 39.0 Å². The number of nitrogens with zero attached hydrogens (tertiary/aromatic N) is 3. The number of pyridine rings is 1. The Kier molecular flexibility index (Phi) is 5.08. The first-order valence-electron chi connectivity index (χ1n) is 8.56. The first-order chi connectivity index (χ1) is 12.7. The number of nitrogens with two attached hydrogens (primary N) is 1. The molecule has 1 saturated carbocycles. The van der Waals surface area contributed by atoms with Crippen LogP contribution in [0.15, 0.2) is 29.0 Å². The zero-order valence-corrected chi connectivity index (χ0v) is 16.1. The molecule has 0 saturated heterocycles. The summed E-state index contributed by atoms with van der Waals surface area (Å²) in [6.07, 6.45) is 8.65. The maximum absolute atomic E-state index is 10.6. The molecule has 0 spiro atoms. The van der Waals surface area contributed by atoms with Crippen LogP contribution in [0.5, 0.6) is 0 Å². The second kappa shape index (κ2) is 7.48. The maximum atomic E-state index is 10.6. The minimum absolute atomic E-state index is 0.503. The maximum Gasteiger partial charge on any atom is 0.269 e. The molecule has 6 nitrogen and oxygen atoms in total. The molecule has 1 atom stereocenters. The molecule has 0 aromatic carbocycles. The standard InChI is InChI=1S/C18H21N4O2S2/c1-24-5-6-26(23)18-16(19)15-13(11-3-2-4-11)7-14(22-17(15)25-18)12-8-20-10-21-9-12/h7-11,23H,2-6,19H2,1H3/q+1. The van der Waals surface area contributed by atoms with E-state index in [1.54, 1.807) is 19.5 Å². The van der Waals surface area contributed by atoms with Gasteiger partial charge in [-0.1, -0.05) is 17.8 Å². The molecular weight excluding hydrogens is 368 g/mol. The molecule has 1 aliphatic carbocycles. The van der Waals surface area contributed by atoms with Crippen molar-refractivity contribution in [2.24, 2.45) is 0 Å². The van der Waals surface area contributed by atoms with E-state index in [4.69, 9.17) is 15.5 Å². The number of nitrogen functional groups attached to an aromatic ring is 1. The van der Waals surface area contributed by atoms with Crippen molar-refractivity contribution in [2.45, 2.75) is 29.4 Å². The topological polar surface area (TPSA) is 94.1 Å². The lowest BCUT2D eigenvalue weighted by Crippen LogP contribution is -2.12. The largest absolute Gasteiger partial charge is 0.393 e. The fourth-order valence-corrected chi connectivity index (χ4v) is 5.78. The highest BCUT2D eigenvalue weighted by molar-refractivity contribution is 7.93. The van der Waals surface area contributed by atoms with E-state index >= 15 is 0 Å². The summed E-state index contributed by atoms with van der Waals surface area (Å²) in [6, 6.07) is 2.13. The van der Waals surface area contributed by atoms with Crippen molar-refractivity contribution in [2.75, 3.05) is 25.2 Å². The van der Waals surface area contributed by atoms with Crippen molar-refractivity contribution in [3.63, 3.8) is 0 Å². The van der Waals surface area contributed by atoms with Crippen molar-refractivity contribution in [1.82, 2.24) is 15.0 Å². The smallest absolute Gasteiger partial charge is 0.269 e. The third-order valence-corrected chi connectivity index (χ3v) is 7.71. The van der Waals surface area contributed by atoms with Crippen LogP contribution in [0.1, 0.15) is 30.7 Å². The molecule has 8 heteroatoms.